The van der Waals surface area contributed by atoms with Gasteiger partial charge in [-0.2, -0.15) is 5.10 Å². The number of carbonyl (C=O) groups excluding carboxylic acids is 2. The summed E-state index contributed by atoms with van der Waals surface area (Å²) in [5.74, 6) is 0.0856. The number of anilines is 2. The number of hydrogen-bond donors (Lipinski definition) is 3. The van der Waals surface area contributed by atoms with Crippen LogP contribution in [0.1, 0.15) is 47.1 Å². The SMILES string of the molecule is Cc1cccc(NC(=O)c2cc3c(NC(=O)Cc4ccc(C(C)(C)C)cc4)n[nH]c3s2)c1. The van der Waals surface area contributed by atoms with E-state index in [9.17, 15) is 9.59 Å². The summed E-state index contributed by atoms with van der Waals surface area (Å²) in [5, 5.41) is 13.6. The Morgan fingerprint density at radius 2 is 1.78 bits per heavy atom. The molecule has 2 aromatic carbocycles. The van der Waals surface area contributed by atoms with E-state index >= 15 is 0 Å². The summed E-state index contributed by atoms with van der Waals surface area (Å²) < 4.78 is 0. The van der Waals surface area contributed by atoms with Crippen molar-refractivity contribution in [3.8, 4) is 0 Å². The zero-order valence-corrected chi connectivity index (χ0v) is 19.4. The van der Waals surface area contributed by atoms with Crippen molar-refractivity contribution in [2.24, 2.45) is 0 Å². The van der Waals surface area contributed by atoms with E-state index in [1.54, 1.807) is 6.07 Å². The number of aromatic amines is 1. The second kappa shape index (κ2) is 8.59. The van der Waals surface area contributed by atoms with Crippen LogP contribution in [0.4, 0.5) is 11.5 Å². The van der Waals surface area contributed by atoms with Crippen LogP contribution in [-0.2, 0) is 16.6 Å². The standard InChI is InChI=1S/C25H26N4O2S/c1-15-6-5-7-18(12-15)26-23(31)20-14-19-22(28-29-24(19)32-20)27-21(30)13-16-8-10-17(11-9-16)25(2,3)4/h5-12,14H,13H2,1-4H3,(H,26,31)(H2,27,28,29,30). The average molecular weight is 447 g/mol. The van der Waals surface area contributed by atoms with Crippen molar-refractivity contribution < 1.29 is 9.59 Å². The van der Waals surface area contributed by atoms with Gasteiger partial charge in [0.1, 0.15) is 4.83 Å². The molecule has 0 fully saturated rings. The number of H-pyrrole nitrogens is 1. The highest BCUT2D eigenvalue weighted by molar-refractivity contribution is 7.20. The van der Waals surface area contributed by atoms with Crippen molar-refractivity contribution >= 4 is 44.9 Å². The molecule has 0 spiro atoms. The van der Waals surface area contributed by atoms with E-state index in [1.807, 2.05) is 43.3 Å². The van der Waals surface area contributed by atoms with Crippen molar-refractivity contribution in [3.63, 3.8) is 0 Å². The zero-order chi connectivity index (χ0) is 22.9. The second-order valence-corrected chi connectivity index (χ2v) is 9.97. The van der Waals surface area contributed by atoms with Gasteiger partial charge in [0.25, 0.3) is 5.91 Å². The lowest BCUT2D eigenvalue weighted by Gasteiger charge is -2.19. The van der Waals surface area contributed by atoms with Crippen molar-refractivity contribution in [3.05, 3.63) is 76.2 Å². The fourth-order valence-electron chi connectivity index (χ4n) is 3.42. The van der Waals surface area contributed by atoms with Crippen molar-refractivity contribution in [2.75, 3.05) is 10.6 Å². The number of aryl methyl sites for hydroxylation is 1. The lowest BCUT2D eigenvalue weighted by Crippen LogP contribution is -2.15. The molecule has 0 aliphatic heterocycles. The van der Waals surface area contributed by atoms with E-state index in [0.717, 1.165) is 27.0 Å². The summed E-state index contributed by atoms with van der Waals surface area (Å²) in [4.78, 5) is 26.5. The minimum atomic E-state index is -0.193. The quantitative estimate of drug-likeness (QED) is 0.369. The predicted octanol–water partition coefficient (Wildman–Crippen LogP) is 5.66. The third-order valence-electron chi connectivity index (χ3n) is 5.20. The number of fused-ring (bicyclic) bond motifs is 1. The van der Waals surface area contributed by atoms with E-state index < -0.39 is 0 Å². The molecule has 0 unspecified atom stereocenters. The molecular formula is C25H26N4O2S. The summed E-state index contributed by atoms with van der Waals surface area (Å²) >= 11 is 1.30. The molecule has 4 aromatic rings. The number of nitrogens with zero attached hydrogens (tertiary/aromatic N) is 1. The fourth-order valence-corrected chi connectivity index (χ4v) is 4.32. The predicted molar refractivity (Wildman–Crippen MR) is 131 cm³/mol. The highest BCUT2D eigenvalue weighted by Gasteiger charge is 2.17. The lowest BCUT2D eigenvalue weighted by atomic mass is 9.86. The molecule has 0 aliphatic rings. The van der Waals surface area contributed by atoms with Crippen molar-refractivity contribution in [1.82, 2.24) is 10.2 Å². The Morgan fingerprint density at radius 3 is 2.47 bits per heavy atom. The maximum atomic E-state index is 12.6. The van der Waals surface area contributed by atoms with Crippen LogP contribution in [0.15, 0.2) is 54.6 Å². The van der Waals surface area contributed by atoms with Crippen molar-refractivity contribution in [1.29, 1.82) is 0 Å². The molecule has 7 heteroatoms. The molecule has 6 nitrogen and oxygen atoms in total. The number of rotatable bonds is 5. The van der Waals surface area contributed by atoms with E-state index in [4.69, 9.17) is 0 Å². The van der Waals surface area contributed by atoms with Gasteiger partial charge in [0, 0.05) is 5.69 Å². The summed E-state index contributed by atoms with van der Waals surface area (Å²) in [6.07, 6.45) is 0.254. The number of nitrogens with one attached hydrogen (secondary N) is 3. The summed E-state index contributed by atoms with van der Waals surface area (Å²) in [5.41, 5.74) is 4.06. The van der Waals surface area contributed by atoms with Gasteiger partial charge >= 0.3 is 0 Å². The summed E-state index contributed by atoms with van der Waals surface area (Å²) in [6.45, 7) is 8.46. The Kier molecular flexibility index (Phi) is 5.84. The van der Waals surface area contributed by atoms with Crippen LogP contribution < -0.4 is 10.6 Å². The topological polar surface area (TPSA) is 86.9 Å². The Hall–Kier alpha value is -3.45. The van der Waals surface area contributed by atoms with Crippen LogP contribution >= 0.6 is 11.3 Å². The molecule has 32 heavy (non-hydrogen) atoms. The monoisotopic (exact) mass is 446 g/mol. The Morgan fingerprint density at radius 1 is 1.03 bits per heavy atom. The average Bonchev–Trinajstić information content (AvgIpc) is 3.30. The molecule has 0 aliphatic carbocycles. The number of aromatic nitrogens is 2. The number of thiophene rings is 1. The lowest BCUT2D eigenvalue weighted by molar-refractivity contribution is -0.115. The summed E-state index contributed by atoms with van der Waals surface area (Å²) in [6, 6.07) is 17.5. The van der Waals surface area contributed by atoms with E-state index in [-0.39, 0.29) is 23.7 Å². The molecule has 0 atom stereocenters. The van der Waals surface area contributed by atoms with Gasteiger partial charge in [0.05, 0.1) is 16.7 Å². The minimum Gasteiger partial charge on any atom is -0.321 e. The van der Waals surface area contributed by atoms with Crippen LogP contribution in [0.2, 0.25) is 0 Å². The third-order valence-corrected chi connectivity index (χ3v) is 6.24. The minimum absolute atomic E-state index is 0.0731. The Bertz CT molecular complexity index is 1280. The molecule has 0 bridgehead atoms. The Labute approximate surface area is 191 Å². The van der Waals surface area contributed by atoms with Gasteiger partial charge < -0.3 is 10.6 Å². The molecule has 0 saturated heterocycles. The molecule has 0 saturated carbocycles. The normalized spacial score (nSPS) is 11.5. The van der Waals surface area contributed by atoms with Crippen LogP contribution in [0.3, 0.4) is 0 Å². The first-order valence-electron chi connectivity index (χ1n) is 10.4. The van der Waals surface area contributed by atoms with Crippen LogP contribution in [-0.4, -0.2) is 22.0 Å². The van der Waals surface area contributed by atoms with Gasteiger partial charge in [-0.25, -0.2) is 0 Å². The van der Waals surface area contributed by atoms with Gasteiger partial charge in [0.2, 0.25) is 5.91 Å². The Balaban J connectivity index is 1.44. The maximum Gasteiger partial charge on any atom is 0.265 e. The number of carbonyl (C=O) groups is 2. The maximum absolute atomic E-state index is 12.6. The first-order chi connectivity index (χ1) is 15.2. The van der Waals surface area contributed by atoms with E-state index in [1.165, 1.54) is 16.9 Å². The molecule has 2 heterocycles. The summed E-state index contributed by atoms with van der Waals surface area (Å²) in [7, 11) is 0. The number of amides is 2. The highest BCUT2D eigenvalue weighted by Crippen LogP contribution is 2.30. The van der Waals surface area contributed by atoms with Gasteiger partial charge in [-0.3, -0.25) is 14.7 Å². The third kappa shape index (κ3) is 4.89. The van der Waals surface area contributed by atoms with E-state index in [0.29, 0.717) is 10.7 Å². The van der Waals surface area contributed by atoms with Gasteiger partial charge in [-0.1, -0.05) is 57.2 Å². The first kappa shape index (κ1) is 21.8. The number of benzene rings is 2. The van der Waals surface area contributed by atoms with Crippen LogP contribution in [0.5, 0.6) is 0 Å². The molecular weight excluding hydrogens is 420 g/mol. The molecule has 4 rings (SSSR count). The van der Waals surface area contributed by atoms with Crippen LogP contribution in [0, 0.1) is 6.92 Å². The molecule has 2 amide bonds. The largest absolute Gasteiger partial charge is 0.321 e. The molecule has 0 radical (unpaired) electrons. The van der Waals surface area contributed by atoms with Crippen LogP contribution in [0.25, 0.3) is 10.2 Å². The van der Waals surface area contributed by atoms with Gasteiger partial charge in [-0.15, -0.1) is 11.3 Å². The van der Waals surface area contributed by atoms with Gasteiger partial charge in [-0.05, 0) is 47.2 Å². The highest BCUT2D eigenvalue weighted by atomic mass is 32.1. The molecule has 2 aromatic heterocycles. The smallest absolute Gasteiger partial charge is 0.265 e. The number of hydrogen-bond acceptors (Lipinski definition) is 4. The molecule has 164 valence electrons. The van der Waals surface area contributed by atoms with Crippen molar-refractivity contribution in [2.45, 2.75) is 39.5 Å². The first-order valence-corrected chi connectivity index (χ1v) is 11.3. The zero-order valence-electron chi connectivity index (χ0n) is 18.6. The fraction of sp³-hybridized carbons (Fsp3) is 0.240. The second-order valence-electron chi connectivity index (χ2n) is 8.92. The van der Waals surface area contributed by atoms with Gasteiger partial charge in [0.15, 0.2) is 5.82 Å². The van der Waals surface area contributed by atoms with E-state index in [2.05, 4.69) is 53.7 Å². The molecule has 3 N–H and O–H groups in total.